The topological polar surface area (TPSA) is 82.5 Å². The minimum absolute atomic E-state index is 0.0733. The fourth-order valence-electron chi connectivity index (χ4n) is 5.37. The standard InChI is InChI=1S/C30H30FN3O3/c1-19(36)34-18-24-16-26(30(37)32-17-20-6-4-11-25(31)14-20)33-29(28(24)27(34)12-13-35)23-10-5-9-22(15-23)21-7-2-3-8-21/h4-7,9-11,14-16,27,35H,2-3,8,12-13,17-18H2,1H3,(H,32,37)/t27-/m0/s1. The van der Waals surface area contributed by atoms with E-state index in [9.17, 15) is 19.1 Å². The van der Waals surface area contributed by atoms with E-state index in [2.05, 4.69) is 23.5 Å². The number of benzene rings is 2. The lowest BCUT2D eigenvalue weighted by Crippen LogP contribution is -2.27. The first-order valence-electron chi connectivity index (χ1n) is 12.7. The minimum atomic E-state index is -0.372. The van der Waals surface area contributed by atoms with Crippen LogP contribution in [0.2, 0.25) is 0 Å². The molecule has 5 rings (SSSR count). The Morgan fingerprint density at radius 1 is 1.14 bits per heavy atom. The van der Waals surface area contributed by atoms with Gasteiger partial charge >= 0.3 is 0 Å². The Labute approximate surface area is 215 Å². The van der Waals surface area contributed by atoms with Gasteiger partial charge in [0.15, 0.2) is 0 Å². The fraction of sp³-hybridized carbons (Fsp3) is 0.300. The zero-order valence-electron chi connectivity index (χ0n) is 20.8. The van der Waals surface area contributed by atoms with Crippen molar-refractivity contribution >= 4 is 17.4 Å². The molecule has 2 aliphatic rings. The molecule has 0 saturated heterocycles. The van der Waals surface area contributed by atoms with Crippen molar-refractivity contribution in [1.82, 2.24) is 15.2 Å². The maximum atomic E-state index is 13.6. The summed E-state index contributed by atoms with van der Waals surface area (Å²) in [7, 11) is 0. The van der Waals surface area contributed by atoms with Crippen LogP contribution in [0.25, 0.3) is 16.8 Å². The zero-order chi connectivity index (χ0) is 25.9. The van der Waals surface area contributed by atoms with Gasteiger partial charge in [-0.1, -0.05) is 36.4 Å². The number of fused-ring (bicyclic) bond motifs is 1. The molecule has 0 radical (unpaired) electrons. The van der Waals surface area contributed by atoms with Gasteiger partial charge in [0, 0.05) is 37.7 Å². The molecular weight excluding hydrogens is 469 g/mol. The summed E-state index contributed by atoms with van der Waals surface area (Å²) in [4.78, 5) is 32.2. The van der Waals surface area contributed by atoms with Crippen LogP contribution in [0, 0.1) is 5.82 Å². The molecule has 2 N–H and O–H groups in total. The summed E-state index contributed by atoms with van der Waals surface area (Å²) in [6.07, 6.45) is 5.89. The maximum absolute atomic E-state index is 13.6. The molecule has 1 aliphatic heterocycles. The van der Waals surface area contributed by atoms with Gasteiger partial charge in [-0.3, -0.25) is 9.59 Å². The van der Waals surface area contributed by atoms with Crippen LogP contribution in [0.3, 0.4) is 0 Å². The number of hydrogen-bond acceptors (Lipinski definition) is 4. The summed E-state index contributed by atoms with van der Waals surface area (Å²) in [5.41, 5.74) is 6.57. The molecule has 1 atom stereocenters. The predicted octanol–water partition coefficient (Wildman–Crippen LogP) is 5.17. The molecule has 6 nitrogen and oxygen atoms in total. The number of aliphatic hydroxyl groups is 1. The Hall–Kier alpha value is -3.84. The quantitative estimate of drug-likeness (QED) is 0.470. The van der Waals surface area contributed by atoms with E-state index < -0.39 is 0 Å². The second-order valence-corrected chi connectivity index (χ2v) is 9.62. The number of rotatable bonds is 7. The van der Waals surface area contributed by atoms with Crippen LogP contribution < -0.4 is 5.32 Å². The third-order valence-electron chi connectivity index (χ3n) is 7.12. The molecule has 1 aliphatic carbocycles. The van der Waals surface area contributed by atoms with Crippen molar-refractivity contribution in [1.29, 1.82) is 0 Å². The summed E-state index contributed by atoms with van der Waals surface area (Å²) >= 11 is 0. The van der Waals surface area contributed by atoms with Crippen molar-refractivity contribution in [2.24, 2.45) is 0 Å². The molecule has 0 spiro atoms. The summed E-state index contributed by atoms with van der Waals surface area (Å²) < 4.78 is 13.6. The number of carbonyl (C=O) groups is 2. The van der Waals surface area contributed by atoms with E-state index in [0.717, 1.165) is 41.5 Å². The highest BCUT2D eigenvalue weighted by molar-refractivity contribution is 5.93. The fourth-order valence-corrected chi connectivity index (χ4v) is 5.37. The van der Waals surface area contributed by atoms with Gasteiger partial charge in [-0.2, -0.15) is 0 Å². The first-order chi connectivity index (χ1) is 17.9. The molecule has 0 bridgehead atoms. The molecule has 2 amide bonds. The molecule has 0 fully saturated rings. The zero-order valence-corrected chi connectivity index (χ0v) is 20.8. The maximum Gasteiger partial charge on any atom is 0.270 e. The van der Waals surface area contributed by atoms with Gasteiger partial charge < -0.3 is 15.3 Å². The Bertz CT molecular complexity index is 1380. The van der Waals surface area contributed by atoms with Crippen LogP contribution in [0.5, 0.6) is 0 Å². The Morgan fingerprint density at radius 3 is 2.68 bits per heavy atom. The van der Waals surface area contributed by atoms with Crippen molar-refractivity contribution in [2.45, 2.75) is 51.7 Å². The van der Waals surface area contributed by atoms with E-state index >= 15 is 0 Å². The third kappa shape index (κ3) is 5.18. The van der Waals surface area contributed by atoms with Crippen LogP contribution in [0.4, 0.5) is 4.39 Å². The molecule has 190 valence electrons. The number of carbonyl (C=O) groups excluding carboxylic acids is 2. The summed E-state index contributed by atoms with van der Waals surface area (Å²) in [6.45, 7) is 1.96. The number of aromatic nitrogens is 1. The van der Waals surface area contributed by atoms with Crippen molar-refractivity contribution in [3.63, 3.8) is 0 Å². The smallest absolute Gasteiger partial charge is 0.270 e. The lowest BCUT2D eigenvalue weighted by molar-refractivity contribution is -0.131. The highest BCUT2D eigenvalue weighted by atomic mass is 19.1. The van der Waals surface area contributed by atoms with E-state index in [1.165, 1.54) is 24.6 Å². The summed E-state index contributed by atoms with van der Waals surface area (Å²) in [5.74, 6) is -0.827. The molecule has 3 aromatic rings. The molecule has 0 unspecified atom stereocenters. The highest BCUT2D eigenvalue weighted by Gasteiger charge is 2.35. The van der Waals surface area contributed by atoms with E-state index in [1.807, 2.05) is 12.1 Å². The van der Waals surface area contributed by atoms with Crippen LogP contribution in [-0.2, 0) is 17.9 Å². The number of nitrogens with one attached hydrogen (secondary N) is 1. The molecule has 2 aromatic carbocycles. The van der Waals surface area contributed by atoms with Crippen molar-refractivity contribution < 1.29 is 19.1 Å². The van der Waals surface area contributed by atoms with E-state index in [0.29, 0.717) is 24.2 Å². The van der Waals surface area contributed by atoms with Crippen molar-refractivity contribution in [3.8, 4) is 11.3 Å². The van der Waals surface area contributed by atoms with Gasteiger partial charge in [-0.25, -0.2) is 9.37 Å². The average Bonchev–Trinajstić information content (AvgIpc) is 3.56. The molecule has 1 aromatic heterocycles. The molecular formula is C30H30FN3O3. The molecule has 0 saturated carbocycles. The van der Waals surface area contributed by atoms with Gasteiger partial charge in [-0.05, 0) is 72.2 Å². The van der Waals surface area contributed by atoms with Crippen LogP contribution in [0.15, 0.2) is 60.7 Å². The Kier molecular flexibility index (Phi) is 7.15. The average molecular weight is 500 g/mol. The molecule has 37 heavy (non-hydrogen) atoms. The number of halogens is 1. The number of pyridine rings is 1. The first-order valence-corrected chi connectivity index (χ1v) is 12.7. The molecule has 2 heterocycles. The second-order valence-electron chi connectivity index (χ2n) is 9.62. The van der Waals surface area contributed by atoms with Crippen molar-refractivity contribution in [2.75, 3.05) is 6.61 Å². The number of nitrogens with zero attached hydrogens (tertiary/aromatic N) is 2. The van der Waals surface area contributed by atoms with Crippen LogP contribution in [0.1, 0.15) is 71.4 Å². The van der Waals surface area contributed by atoms with Crippen LogP contribution >= 0.6 is 0 Å². The van der Waals surface area contributed by atoms with Gasteiger partial charge in [0.2, 0.25) is 5.91 Å². The predicted molar refractivity (Wildman–Crippen MR) is 140 cm³/mol. The van der Waals surface area contributed by atoms with E-state index in [-0.39, 0.29) is 42.5 Å². The van der Waals surface area contributed by atoms with Crippen LogP contribution in [-0.4, -0.2) is 33.4 Å². The normalized spacial score (nSPS) is 16.5. The monoisotopic (exact) mass is 499 g/mol. The van der Waals surface area contributed by atoms with E-state index in [4.69, 9.17) is 4.98 Å². The van der Waals surface area contributed by atoms with Gasteiger partial charge in [0.25, 0.3) is 5.91 Å². The van der Waals surface area contributed by atoms with Gasteiger partial charge in [0.05, 0.1) is 11.7 Å². The Balaban J connectivity index is 1.56. The first kappa shape index (κ1) is 24.8. The number of aliphatic hydroxyl groups excluding tert-OH is 1. The SMILES string of the molecule is CC(=O)N1Cc2cc(C(=O)NCc3cccc(F)c3)nc(-c3cccc(C4=CCCC4)c3)c2[C@@H]1CCO. The summed E-state index contributed by atoms with van der Waals surface area (Å²) in [6, 6.07) is 15.7. The molecule has 7 heteroatoms. The highest BCUT2D eigenvalue weighted by Crippen LogP contribution is 2.42. The van der Waals surface area contributed by atoms with Gasteiger partial charge in [0.1, 0.15) is 11.5 Å². The number of hydrogen-bond donors (Lipinski definition) is 2. The largest absolute Gasteiger partial charge is 0.396 e. The summed E-state index contributed by atoms with van der Waals surface area (Å²) in [5, 5.41) is 12.6. The third-order valence-corrected chi connectivity index (χ3v) is 7.12. The van der Waals surface area contributed by atoms with Gasteiger partial charge in [-0.15, -0.1) is 0 Å². The van der Waals surface area contributed by atoms with E-state index in [1.54, 1.807) is 23.1 Å². The number of allylic oxidation sites excluding steroid dienone is 2. The second kappa shape index (κ2) is 10.6. The lowest BCUT2D eigenvalue weighted by atomic mass is 9.93. The Morgan fingerprint density at radius 2 is 1.95 bits per heavy atom. The minimum Gasteiger partial charge on any atom is -0.396 e. The number of amides is 2. The lowest BCUT2D eigenvalue weighted by Gasteiger charge is -2.24. The van der Waals surface area contributed by atoms with Crippen molar-refractivity contribution in [3.05, 3.63) is 94.4 Å².